The summed E-state index contributed by atoms with van der Waals surface area (Å²) in [4.78, 5) is 0. The fourth-order valence-electron chi connectivity index (χ4n) is 2.94. The summed E-state index contributed by atoms with van der Waals surface area (Å²) in [5.74, 6) is 1.58. The molecule has 0 aromatic heterocycles. The average Bonchev–Trinajstić information content (AvgIpc) is 2.45. The van der Waals surface area contributed by atoms with Gasteiger partial charge in [-0.05, 0) is 50.1 Å². The molecule has 1 aliphatic rings. The minimum absolute atomic E-state index is 0.643. The molecule has 1 aliphatic carbocycles. The third-order valence-electron chi connectivity index (χ3n) is 4.04. The van der Waals surface area contributed by atoms with E-state index in [0.29, 0.717) is 6.04 Å². The lowest BCUT2D eigenvalue weighted by atomic mass is 9.82. The Bertz CT molecular complexity index is 385. The van der Waals surface area contributed by atoms with E-state index in [2.05, 4.69) is 35.6 Å². The average molecular weight is 279 g/mol. The molecule has 0 bridgehead atoms. The maximum absolute atomic E-state index is 11.0. The maximum atomic E-state index is 11.0. The Morgan fingerprint density at radius 1 is 1.16 bits per heavy atom. The van der Waals surface area contributed by atoms with Gasteiger partial charge in [-0.3, -0.25) is 4.21 Å². The van der Waals surface area contributed by atoms with Crippen molar-refractivity contribution in [2.75, 3.05) is 18.6 Å². The highest BCUT2D eigenvalue weighted by atomic mass is 32.2. The lowest BCUT2D eigenvalue weighted by Crippen LogP contribution is -2.33. The highest BCUT2D eigenvalue weighted by Crippen LogP contribution is 2.32. The van der Waals surface area contributed by atoms with E-state index in [-0.39, 0.29) is 0 Å². The van der Waals surface area contributed by atoms with Crippen LogP contribution < -0.4 is 5.32 Å². The second-order valence-corrected chi connectivity index (χ2v) is 7.10. The fourth-order valence-corrected chi connectivity index (χ4v) is 3.49. The normalized spacial score (nSPS) is 25.1. The predicted octanol–water partition coefficient (Wildman–Crippen LogP) is 3.07. The SMILES string of the molecule is CS(=O)CCCNC1CCC(c2ccccc2)CC1. The van der Waals surface area contributed by atoms with E-state index < -0.39 is 10.8 Å². The number of rotatable bonds is 6. The monoisotopic (exact) mass is 279 g/mol. The van der Waals surface area contributed by atoms with Crippen molar-refractivity contribution in [2.24, 2.45) is 0 Å². The van der Waals surface area contributed by atoms with Crippen LogP contribution >= 0.6 is 0 Å². The molecule has 1 saturated carbocycles. The molecule has 2 nitrogen and oxygen atoms in total. The van der Waals surface area contributed by atoms with Crippen LogP contribution in [0.1, 0.15) is 43.6 Å². The van der Waals surface area contributed by atoms with Gasteiger partial charge in [0.05, 0.1) is 0 Å². The molecular formula is C16H25NOS. The van der Waals surface area contributed by atoms with E-state index in [1.54, 1.807) is 6.26 Å². The molecule has 3 heteroatoms. The van der Waals surface area contributed by atoms with Crippen LogP contribution in [0.15, 0.2) is 30.3 Å². The van der Waals surface area contributed by atoms with Crippen molar-refractivity contribution in [3.05, 3.63) is 35.9 Å². The highest BCUT2D eigenvalue weighted by molar-refractivity contribution is 7.84. The summed E-state index contributed by atoms with van der Waals surface area (Å²) in [5, 5.41) is 3.61. The molecule has 1 unspecified atom stereocenters. The topological polar surface area (TPSA) is 29.1 Å². The summed E-state index contributed by atoms with van der Waals surface area (Å²) < 4.78 is 11.0. The summed E-state index contributed by atoms with van der Waals surface area (Å²) in [7, 11) is -0.643. The number of benzene rings is 1. The minimum atomic E-state index is -0.643. The first-order valence-corrected chi connectivity index (χ1v) is 9.07. The van der Waals surface area contributed by atoms with E-state index in [4.69, 9.17) is 0 Å². The zero-order valence-electron chi connectivity index (χ0n) is 11.8. The summed E-state index contributed by atoms with van der Waals surface area (Å²) in [5.41, 5.74) is 1.50. The van der Waals surface area contributed by atoms with Gasteiger partial charge in [-0.1, -0.05) is 30.3 Å². The molecule has 0 amide bonds. The Morgan fingerprint density at radius 2 is 1.84 bits per heavy atom. The molecule has 2 rings (SSSR count). The van der Waals surface area contributed by atoms with Crippen molar-refractivity contribution in [3.8, 4) is 0 Å². The summed E-state index contributed by atoms with van der Waals surface area (Å²) in [6.45, 7) is 1.01. The zero-order valence-corrected chi connectivity index (χ0v) is 12.6. The smallest absolute Gasteiger partial charge is 0.0244 e. The third-order valence-corrected chi connectivity index (χ3v) is 4.90. The van der Waals surface area contributed by atoms with Gasteiger partial charge < -0.3 is 5.32 Å². The van der Waals surface area contributed by atoms with Crippen molar-refractivity contribution in [1.82, 2.24) is 5.32 Å². The molecule has 0 heterocycles. The van der Waals surface area contributed by atoms with Crippen LogP contribution in [0.2, 0.25) is 0 Å². The standard InChI is InChI=1S/C16H25NOS/c1-19(18)13-5-12-17-16-10-8-15(9-11-16)14-6-3-2-4-7-14/h2-4,6-7,15-17H,5,8-13H2,1H3. The van der Waals surface area contributed by atoms with Gasteiger partial charge in [0.1, 0.15) is 0 Å². The van der Waals surface area contributed by atoms with Gasteiger partial charge in [0.2, 0.25) is 0 Å². The second-order valence-electron chi connectivity index (χ2n) is 5.54. The molecule has 106 valence electrons. The zero-order chi connectivity index (χ0) is 13.5. The van der Waals surface area contributed by atoms with Crippen LogP contribution in [0.4, 0.5) is 0 Å². The minimum Gasteiger partial charge on any atom is -0.314 e. The van der Waals surface area contributed by atoms with Gasteiger partial charge in [0.15, 0.2) is 0 Å². The van der Waals surface area contributed by atoms with E-state index in [1.807, 2.05) is 0 Å². The summed E-state index contributed by atoms with van der Waals surface area (Å²) in [6, 6.07) is 11.6. The van der Waals surface area contributed by atoms with Crippen molar-refractivity contribution in [2.45, 2.75) is 44.1 Å². The van der Waals surface area contributed by atoms with Crippen LogP contribution in [0.5, 0.6) is 0 Å². The molecule has 1 fully saturated rings. The van der Waals surface area contributed by atoms with Crippen molar-refractivity contribution in [1.29, 1.82) is 0 Å². The number of nitrogens with one attached hydrogen (secondary N) is 1. The molecule has 19 heavy (non-hydrogen) atoms. The molecule has 0 radical (unpaired) electrons. The fraction of sp³-hybridized carbons (Fsp3) is 0.625. The summed E-state index contributed by atoms with van der Waals surface area (Å²) in [6.07, 6.45) is 7.94. The van der Waals surface area contributed by atoms with Crippen LogP contribution in [0.3, 0.4) is 0 Å². The molecule has 1 aromatic rings. The van der Waals surface area contributed by atoms with Crippen LogP contribution in [0.25, 0.3) is 0 Å². The quantitative estimate of drug-likeness (QED) is 0.811. The number of hydrogen-bond donors (Lipinski definition) is 1. The van der Waals surface area contributed by atoms with E-state index >= 15 is 0 Å². The van der Waals surface area contributed by atoms with E-state index in [1.165, 1.54) is 31.2 Å². The first-order valence-electron chi connectivity index (χ1n) is 7.34. The van der Waals surface area contributed by atoms with E-state index in [9.17, 15) is 4.21 Å². The molecular weight excluding hydrogens is 254 g/mol. The van der Waals surface area contributed by atoms with Gasteiger partial charge in [0, 0.05) is 28.9 Å². The predicted molar refractivity (Wildman–Crippen MR) is 83.0 cm³/mol. The molecule has 1 N–H and O–H groups in total. The first-order chi connectivity index (χ1) is 9.25. The van der Waals surface area contributed by atoms with Gasteiger partial charge in [-0.25, -0.2) is 0 Å². The first kappa shape index (κ1) is 14.7. The van der Waals surface area contributed by atoms with Gasteiger partial charge >= 0.3 is 0 Å². The largest absolute Gasteiger partial charge is 0.314 e. The molecule has 0 saturated heterocycles. The Labute approximate surface area is 119 Å². The Hall–Kier alpha value is -0.670. The van der Waals surface area contributed by atoms with Crippen LogP contribution in [-0.4, -0.2) is 28.8 Å². The summed E-state index contributed by atoms with van der Waals surface area (Å²) >= 11 is 0. The van der Waals surface area contributed by atoms with Crippen molar-refractivity contribution < 1.29 is 4.21 Å². The lowest BCUT2D eigenvalue weighted by molar-refractivity contribution is 0.344. The molecule has 1 atom stereocenters. The maximum Gasteiger partial charge on any atom is 0.0244 e. The second kappa shape index (κ2) is 7.81. The molecule has 0 spiro atoms. The number of hydrogen-bond acceptors (Lipinski definition) is 2. The van der Waals surface area contributed by atoms with Crippen molar-refractivity contribution >= 4 is 10.8 Å². The Kier molecular flexibility index (Phi) is 6.05. The van der Waals surface area contributed by atoms with Crippen LogP contribution in [-0.2, 0) is 10.8 Å². The molecule has 0 aliphatic heterocycles. The van der Waals surface area contributed by atoms with Gasteiger partial charge in [0.25, 0.3) is 0 Å². The Balaban J connectivity index is 1.67. The van der Waals surface area contributed by atoms with E-state index in [0.717, 1.165) is 24.6 Å². The van der Waals surface area contributed by atoms with Crippen LogP contribution in [0, 0.1) is 0 Å². The van der Waals surface area contributed by atoms with Gasteiger partial charge in [-0.15, -0.1) is 0 Å². The Morgan fingerprint density at radius 3 is 2.47 bits per heavy atom. The van der Waals surface area contributed by atoms with Gasteiger partial charge in [-0.2, -0.15) is 0 Å². The lowest BCUT2D eigenvalue weighted by Gasteiger charge is -2.29. The molecule has 1 aromatic carbocycles. The highest BCUT2D eigenvalue weighted by Gasteiger charge is 2.21. The van der Waals surface area contributed by atoms with Crippen molar-refractivity contribution in [3.63, 3.8) is 0 Å². The third kappa shape index (κ3) is 5.07.